The van der Waals surface area contributed by atoms with Crippen LogP contribution in [-0.2, 0) is 0 Å². The highest BCUT2D eigenvalue weighted by molar-refractivity contribution is 5.80. The number of hydrogen-bond donors (Lipinski definition) is 1. The van der Waals surface area contributed by atoms with Gasteiger partial charge in [-0.3, -0.25) is 4.57 Å². The Kier molecular flexibility index (Phi) is 2.29. The first-order valence-corrected chi connectivity index (χ1v) is 6.27. The monoisotopic (exact) mass is 277 g/mol. The predicted molar refractivity (Wildman–Crippen MR) is 75.4 cm³/mol. The molecule has 0 spiro atoms. The number of benzene rings is 2. The normalized spacial score (nSPS) is 11.0. The third kappa shape index (κ3) is 1.75. The van der Waals surface area contributed by atoms with E-state index in [1.807, 2.05) is 0 Å². The van der Waals surface area contributed by atoms with Crippen LogP contribution in [0.4, 0.5) is 4.39 Å². The van der Waals surface area contributed by atoms with Crippen molar-refractivity contribution in [2.75, 3.05) is 0 Å². The van der Waals surface area contributed by atoms with Gasteiger partial charge in [-0.2, -0.15) is 5.26 Å². The van der Waals surface area contributed by atoms with Crippen molar-refractivity contribution in [2.45, 2.75) is 0 Å². The van der Waals surface area contributed by atoms with Gasteiger partial charge >= 0.3 is 0 Å². The lowest BCUT2D eigenvalue weighted by Gasteiger charge is -1.99. The third-order valence-electron chi connectivity index (χ3n) is 3.34. The summed E-state index contributed by atoms with van der Waals surface area (Å²) in [5.74, 6) is 0.216. The Labute approximate surface area is 118 Å². The second-order valence-electron chi connectivity index (χ2n) is 4.65. The van der Waals surface area contributed by atoms with Crippen LogP contribution < -0.4 is 0 Å². The lowest BCUT2D eigenvalue weighted by molar-refractivity contribution is 0.629. The maximum atomic E-state index is 13.2. The third-order valence-corrected chi connectivity index (χ3v) is 3.34. The molecule has 0 saturated heterocycles. The van der Waals surface area contributed by atoms with Crippen molar-refractivity contribution in [2.24, 2.45) is 0 Å². The molecule has 21 heavy (non-hydrogen) atoms. The van der Waals surface area contributed by atoms with E-state index in [2.05, 4.69) is 21.0 Å². The Morgan fingerprint density at radius 2 is 2.00 bits per heavy atom. The maximum absolute atomic E-state index is 13.2. The molecule has 6 heteroatoms. The first kappa shape index (κ1) is 11.6. The van der Waals surface area contributed by atoms with Crippen LogP contribution in [0.3, 0.4) is 0 Å². The highest BCUT2D eigenvalue weighted by Crippen LogP contribution is 2.20. The van der Waals surface area contributed by atoms with Crippen molar-refractivity contribution in [3.63, 3.8) is 0 Å². The molecular weight excluding hydrogens is 269 g/mol. The summed E-state index contributed by atoms with van der Waals surface area (Å²) >= 11 is 0. The van der Waals surface area contributed by atoms with Crippen molar-refractivity contribution < 1.29 is 4.39 Å². The summed E-state index contributed by atoms with van der Waals surface area (Å²) in [6, 6.07) is 11.7. The van der Waals surface area contributed by atoms with E-state index in [0.717, 1.165) is 11.0 Å². The largest absolute Gasteiger partial charge is 0.323 e. The summed E-state index contributed by atoms with van der Waals surface area (Å²) in [4.78, 5) is 11.8. The van der Waals surface area contributed by atoms with Gasteiger partial charge in [-0.25, -0.2) is 14.4 Å². The molecule has 0 radical (unpaired) electrons. The van der Waals surface area contributed by atoms with Gasteiger partial charge in [-0.15, -0.1) is 0 Å². The van der Waals surface area contributed by atoms with Gasteiger partial charge in [0.1, 0.15) is 12.1 Å². The summed E-state index contributed by atoms with van der Waals surface area (Å²) in [6.45, 7) is 0. The molecule has 2 aromatic carbocycles. The molecule has 0 amide bonds. The van der Waals surface area contributed by atoms with E-state index in [4.69, 9.17) is 5.26 Å². The fourth-order valence-electron chi connectivity index (χ4n) is 2.33. The minimum Gasteiger partial charge on any atom is -0.323 e. The molecule has 2 aromatic heterocycles. The fraction of sp³-hybridized carbons (Fsp3) is 0. The Bertz CT molecular complexity index is 1020. The fourth-order valence-corrected chi connectivity index (χ4v) is 2.33. The second-order valence-corrected chi connectivity index (χ2v) is 4.65. The zero-order valence-electron chi connectivity index (χ0n) is 10.7. The van der Waals surface area contributed by atoms with Crippen molar-refractivity contribution >= 4 is 22.1 Å². The highest BCUT2D eigenvalue weighted by atomic mass is 19.1. The van der Waals surface area contributed by atoms with Gasteiger partial charge in [0.15, 0.2) is 0 Å². The lowest BCUT2D eigenvalue weighted by atomic mass is 10.2. The molecule has 0 aliphatic carbocycles. The molecule has 0 aliphatic heterocycles. The van der Waals surface area contributed by atoms with Gasteiger partial charge in [0, 0.05) is 0 Å². The molecule has 4 rings (SSSR count). The van der Waals surface area contributed by atoms with Crippen LogP contribution in [0.25, 0.3) is 28.0 Å². The van der Waals surface area contributed by atoms with Gasteiger partial charge < -0.3 is 4.98 Å². The number of nitrogens with one attached hydrogen (secondary N) is 1. The molecule has 0 aliphatic rings. The predicted octanol–water partition coefficient (Wildman–Crippen LogP) is 2.91. The highest BCUT2D eigenvalue weighted by Gasteiger charge is 2.10. The van der Waals surface area contributed by atoms with Crippen molar-refractivity contribution in [1.82, 2.24) is 19.5 Å². The molecule has 0 saturated carbocycles. The maximum Gasteiger partial charge on any atom is 0.213 e. The van der Waals surface area contributed by atoms with E-state index in [9.17, 15) is 4.39 Å². The summed E-state index contributed by atoms with van der Waals surface area (Å²) in [5, 5.41) is 9.00. The first-order chi connectivity index (χ1) is 10.2. The van der Waals surface area contributed by atoms with Crippen LogP contribution in [-0.4, -0.2) is 19.5 Å². The smallest absolute Gasteiger partial charge is 0.213 e. The van der Waals surface area contributed by atoms with Crippen LogP contribution >= 0.6 is 0 Å². The van der Waals surface area contributed by atoms with E-state index in [1.54, 1.807) is 35.2 Å². The molecule has 0 unspecified atom stereocenters. The molecule has 2 heterocycles. The van der Waals surface area contributed by atoms with Crippen molar-refractivity contribution in [1.29, 1.82) is 5.26 Å². The Balaban J connectivity index is 1.97. The zero-order valence-corrected chi connectivity index (χ0v) is 10.7. The number of imidazole rings is 2. The van der Waals surface area contributed by atoms with E-state index in [0.29, 0.717) is 22.5 Å². The number of hydrogen-bond acceptors (Lipinski definition) is 3. The van der Waals surface area contributed by atoms with Crippen LogP contribution in [0.5, 0.6) is 0 Å². The molecule has 5 nitrogen and oxygen atoms in total. The summed E-state index contributed by atoms with van der Waals surface area (Å²) in [6.07, 6.45) is 1.62. The molecule has 0 atom stereocenters. The van der Waals surface area contributed by atoms with E-state index in [1.165, 1.54) is 12.1 Å². The number of nitrogens with zero attached hydrogens (tertiary/aromatic N) is 4. The van der Waals surface area contributed by atoms with Gasteiger partial charge in [-0.05, 0) is 36.4 Å². The van der Waals surface area contributed by atoms with Gasteiger partial charge in [0.25, 0.3) is 0 Å². The van der Waals surface area contributed by atoms with Crippen molar-refractivity contribution in [3.8, 4) is 12.0 Å². The number of rotatable bonds is 1. The SMILES string of the molecule is N#Cc1ccc2ncn(-c3nc4ccc(F)cc4[nH]3)c2c1. The topological polar surface area (TPSA) is 70.3 Å². The Morgan fingerprint density at radius 3 is 2.86 bits per heavy atom. The molecular formula is C15H8FN5. The van der Waals surface area contributed by atoms with E-state index < -0.39 is 0 Å². The standard InChI is InChI=1S/C15H8FN5/c16-10-2-4-11-13(6-10)20-15(19-11)21-8-18-12-3-1-9(7-17)5-14(12)21/h1-6,8H,(H,19,20). The minimum atomic E-state index is -0.319. The van der Waals surface area contributed by atoms with Crippen LogP contribution in [0, 0.1) is 17.1 Å². The van der Waals surface area contributed by atoms with Crippen LogP contribution in [0.15, 0.2) is 42.7 Å². The second kappa shape index (κ2) is 4.15. The number of aromatic nitrogens is 4. The number of fused-ring (bicyclic) bond motifs is 2. The number of aromatic amines is 1. The van der Waals surface area contributed by atoms with E-state index >= 15 is 0 Å². The zero-order chi connectivity index (χ0) is 14.4. The van der Waals surface area contributed by atoms with Gasteiger partial charge in [0.05, 0.1) is 33.7 Å². The molecule has 100 valence electrons. The minimum absolute atomic E-state index is 0.319. The average Bonchev–Trinajstić information content (AvgIpc) is 3.08. The Morgan fingerprint density at radius 1 is 1.14 bits per heavy atom. The van der Waals surface area contributed by atoms with Crippen molar-refractivity contribution in [3.05, 3.63) is 54.1 Å². The molecule has 0 bridgehead atoms. The van der Waals surface area contributed by atoms with Crippen LogP contribution in [0.2, 0.25) is 0 Å². The van der Waals surface area contributed by atoms with Crippen LogP contribution in [0.1, 0.15) is 5.56 Å². The Hall–Kier alpha value is -3.20. The number of halogens is 1. The van der Waals surface area contributed by atoms with E-state index in [-0.39, 0.29) is 5.82 Å². The quantitative estimate of drug-likeness (QED) is 0.581. The van der Waals surface area contributed by atoms with Gasteiger partial charge in [0.2, 0.25) is 5.95 Å². The average molecular weight is 277 g/mol. The summed E-state index contributed by atoms with van der Waals surface area (Å²) < 4.78 is 15.0. The first-order valence-electron chi connectivity index (χ1n) is 6.27. The number of nitriles is 1. The van der Waals surface area contributed by atoms with Gasteiger partial charge in [-0.1, -0.05) is 0 Å². The molecule has 4 aromatic rings. The summed E-state index contributed by atoms with van der Waals surface area (Å²) in [7, 11) is 0. The molecule has 0 fully saturated rings. The number of H-pyrrole nitrogens is 1. The molecule has 1 N–H and O–H groups in total. The lowest BCUT2D eigenvalue weighted by Crippen LogP contribution is -1.94. The summed E-state index contributed by atoms with van der Waals surface area (Å²) in [5.41, 5.74) is 3.37.